The van der Waals surface area contributed by atoms with Gasteiger partial charge in [0.2, 0.25) is 0 Å². The van der Waals surface area contributed by atoms with E-state index in [1.165, 1.54) is 32.4 Å². The third-order valence-corrected chi connectivity index (χ3v) is 4.61. The summed E-state index contributed by atoms with van der Waals surface area (Å²) in [6.45, 7) is 4.49. The molecule has 0 spiro atoms. The minimum Gasteiger partial charge on any atom is -0.497 e. The van der Waals surface area contributed by atoms with Gasteiger partial charge in [0.25, 0.3) is 5.91 Å². The highest BCUT2D eigenvalue weighted by atomic mass is 16.5. The molecule has 2 heterocycles. The Morgan fingerprint density at radius 2 is 2.12 bits per heavy atom. The standard InChI is InChI=1S/C19H26N2O3/c1-23-17-6-7-18-15(13-17)12-16(14-24-18)19(22)20-8-5-11-21-9-3-2-4-10-21/h6-7,12-13H,2-5,8-11,14H2,1H3,(H,20,22). The number of rotatable bonds is 6. The van der Waals surface area contributed by atoms with Crippen molar-refractivity contribution in [2.45, 2.75) is 25.7 Å². The van der Waals surface area contributed by atoms with E-state index in [1.54, 1.807) is 7.11 Å². The van der Waals surface area contributed by atoms with Crippen LogP contribution in [-0.4, -0.2) is 50.7 Å². The molecule has 0 saturated carbocycles. The van der Waals surface area contributed by atoms with Gasteiger partial charge in [-0.1, -0.05) is 6.42 Å². The molecule has 0 atom stereocenters. The zero-order chi connectivity index (χ0) is 16.8. The minimum atomic E-state index is -0.0397. The maximum absolute atomic E-state index is 12.3. The van der Waals surface area contributed by atoms with Crippen LogP contribution in [0.25, 0.3) is 6.08 Å². The van der Waals surface area contributed by atoms with Gasteiger partial charge in [-0.05, 0) is 63.2 Å². The van der Waals surface area contributed by atoms with E-state index in [2.05, 4.69) is 10.2 Å². The SMILES string of the molecule is COc1ccc2c(c1)C=C(C(=O)NCCCN1CCCCC1)CO2. The van der Waals surface area contributed by atoms with Gasteiger partial charge in [0, 0.05) is 12.1 Å². The van der Waals surface area contributed by atoms with Crippen LogP contribution >= 0.6 is 0 Å². The van der Waals surface area contributed by atoms with E-state index in [4.69, 9.17) is 9.47 Å². The molecule has 5 nitrogen and oxygen atoms in total. The summed E-state index contributed by atoms with van der Waals surface area (Å²) in [4.78, 5) is 14.8. The van der Waals surface area contributed by atoms with Gasteiger partial charge in [0.05, 0.1) is 12.7 Å². The van der Waals surface area contributed by atoms with Crippen LogP contribution in [0.3, 0.4) is 0 Å². The van der Waals surface area contributed by atoms with E-state index in [0.717, 1.165) is 30.0 Å². The predicted molar refractivity (Wildman–Crippen MR) is 94.4 cm³/mol. The van der Waals surface area contributed by atoms with Gasteiger partial charge in [-0.15, -0.1) is 0 Å². The average Bonchev–Trinajstić information content (AvgIpc) is 2.65. The summed E-state index contributed by atoms with van der Waals surface area (Å²) in [5.41, 5.74) is 1.55. The van der Waals surface area contributed by atoms with Crippen LogP contribution in [0.2, 0.25) is 0 Å². The quantitative estimate of drug-likeness (QED) is 0.814. The highest BCUT2D eigenvalue weighted by molar-refractivity contribution is 5.99. The Balaban J connectivity index is 1.48. The zero-order valence-corrected chi connectivity index (χ0v) is 14.3. The Morgan fingerprint density at radius 1 is 1.29 bits per heavy atom. The van der Waals surface area contributed by atoms with Crippen LogP contribution < -0.4 is 14.8 Å². The molecule has 1 saturated heterocycles. The van der Waals surface area contributed by atoms with Crippen molar-refractivity contribution in [2.24, 2.45) is 0 Å². The summed E-state index contributed by atoms with van der Waals surface area (Å²) < 4.78 is 10.9. The van der Waals surface area contributed by atoms with E-state index in [1.807, 2.05) is 24.3 Å². The molecule has 2 aliphatic heterocycles. The lowest BCUT2D eigenvalue weighted by atomic mass is 10.1. The first kappa shape index (κ1) is 16.8. The number of likely N-dealkylation sites (tertiary alicyclic amines) is 1. The van der Waals surface area contributed by atoms with Crippen molar-refractivity contribution in [2.75, 3.05) is 39.9 Å². The molecular weight excluding hydrogens is 304 g/mol. The number of carbonyl (C=O) groups excluding carboxylic acids is 1. The Bertz CT molecular complexity index is 607. The number of nitrogens with one attached hydrogen (secondary N) is 1. The second-order valence-corrected chi connectivity index (χ2v) is 6.37. The van der Waals surface area contributed by atoms with Crippen molar-refractivity contribution in [3.63, 3.8) is 0 Å². The molecule has 1 fully saturated rings. The largest absolute Gasteiger partial charge is 0.497 e. The molecule has 130 valence electrons. The number of hydrogen-bond acceptors (Lipinski definition) is 4. The third-order valence-electron chi connectivity index (χ3n) is 4.61. The van der Waals surface area contributed by atoms with Crippen LogP contribution in [-0.2, 0) is 4.79 Å². The van der Waals surface area contributed by atoms with E-state index in [-0.39, 0.29) is 5.91 Å². The van der Waals surface area contributed by atoms with Gasteiger partial charge >= 0.3 is 0 Å². The van der Waals surface area contributed by atoms with Crippen molar-refractivity contribution in [1.29, 1.82) is 0 Å². The molecule has 24 heavy (non-hydrogen) atoms. The van der Waals surface area contributed by atoms with Gasteiger partial charge < -0.3 is 19.7 Å². The molecule has 1 N–H and O–H groups in total. The van der Waals surface area contributed by atoms with Crippen molar-refractivity contribution >= 4 is 12.0 Å². The third kappa shape index (κ3) is 4.29. The molecule has 1 amide bonds. The molecule has 0 radical (unpaired) electrons. The molecule has 0 unspecified atom stereocenters. The number of carbonyl (C=O) groups is 1. The molecule has 2 aliphatic rings. The van der Waals surface area contributed by atoms with Crippen LogP contribution in [0.4, 0.5) is 0 Å². The fourth-order valence-corrected chi connectivity index (χ4v) is 3.21. The second kappa shape index (κ2) is 8.20. The number of hydrogen-bond donors (Lipinski definition) is 1. The van der Waals surface area contributed by atoms with Gasteiger partial charge in [-0.3, -0.25) is 4.79 Å². The normalized spacial score (nSPS) is 17.5. The highest BCUT2D eigenvalue weighted by Gasteiger charge is 2.17. The van der Waals surface area contributed by atoms with Gasteiger partial charge in [0.15, 0.2) is 0 Å². The van der Waals surface area contributed by atoms with Crippen LogP contribution in [0.15, 0.2) is 23.8 Å². The van der Waals surface area contributed by atoms with Crippen LogP contribution in [0, 0.1) is 0 Å². The summed E-state index contributed by atoms with van der Waals surface area (Å²) in [5.74, 6) is 1.51. The Kier molecular flexibility index (Phi) is 5.75. The predicted octanol–water partition coefficient (Wildman–Crippen LogP) is 2.46. The molecule has 0 aliphatic carbocycles. The number of ether oxygens (including phenoxy) is 2. The minimum absolute atomic E-state index is 0.0397. The summed E-state index contributed by atoms with van der Waals surface area (Å²) >= 11 is 0. The second-order valence-electron chi connectivity index (χ2n) is 6.37. The highest BCUT2D eigenvalue weighted by Crippen LogP contribution is 2.29. The zero-order valence-electron chi connectivity index (χ0n) is 14.3. The molecular formula is C19H26N2O3. The lowest BCUT2D eigenvalue weighted by Crippen LogP contribution is -2.34. The lowest BCUT2D eigenvalue weighted by molar-refractivity contribution is -0.117. The Labute approximate surface area is 143 Å². The average molecular weight is 330 g/mol. The van der Waals surface area contributed by atoms with Crippen LogP contribution in [0.1, 0.15) is 31.2 Å². The van der Waals surface area contributed by atoms with E-state index >= 15 is 0 Å². The Morgan fingerprint density at radius 3 is 2.92 bits per heavy atom. The van der Waals surface area contributed by atoms with Crippen LogP contribution in [0.5, 0.6) is 11.5 Å². The topological polar surface area (TPSA) is 50.8 Å². The van der Waals surface area contributed by atoms with Crippen molar-refractivity contribution in [1.82, 2.24) is 10.2 Å². The lowest BCUT2D eigenvalue weighted by Gasteiger charge is -2.26. The molecule has 3 rings (SSSR count). The van der Waals surface area contributed by atoms with Gasteiger partial charge in [0.1, 0.15) is 18.1 Å². The summed E-state index contributed by atoms with van der Waals surface area (Å²) in [7, 11) is 1.63. The van der Waals surface area contributed by atoms with E-state index in [9.17, 15) is 4.79 Å². The number of amides is 1. The maximum atomic E-state index is 12.3. The first-order chi connectivity index (χ1) is 11.8. The molecule has 1 aromatic rings. The summed E-state index contributed by atoms with van der Waals surface area (Å²) in [6, 6.07) is 5.62. The number of piperidine rings is 1. The number of benzene rings is 1. The van der Waals surface area contributed by atoms with Crippen molar-refractivity contribution < 1.29 is 14.3 Å². The smallest absolute Gasteiger partial charge is 0.250 e. The van der Waals surface area contributed by atoms with Gasteiger partial charge in [-0.2, -0.15) is 0 Å². The first-order valence-corrected chi connectivity index (χ1v) is 8.78. The van der Waals surface area contributed by atoms with E-state index in [0.29, 0.717) is 18.7 Å². The molecule has 1 aromatic carbocycles. The number of methoxy groups -OCH3 is 1. The summed E-state index contributed by atoms with van der Waals surface area (Å²) in [5, 5.41) is 3.01. The maximum Gasteiger partial charge on any atom is 0.250 e. The number of nitrogens with zero attached hydrogens (tertiary/aromatic N) is 1. The van der Waals surface area contributed by atoms with Gasteiger partial charge in [-0.25, -0.2) is 0 Å². The fraction of sp³-hybridized carbons (Fsp3) is 0.526. The monoisotopic (exact) mass is 330 g/mol. The van der Waals surface area contributed by atoms with E-state index < -0.39 is 0 Å². The number of fused-ring (bicyclic) bond motifs is 1. The molecule has 5 heteroatoms. The Hall–Kier alpha value is -2.01. The fourth-order valence-electron chi connectivity index (χ4n) is 3.21. The van der Waals surface area contributed by atoms with Crippen molar-refractivity contribution in [3.05, 3.63) is 29.3 Å². The molecule has 0 bridgehead atoms. The summed E-state index contributed by atoms with van der Waals surface area (Å²) in [6.07, 6.45) is 6.85. The molecule has 0 aromatic heterocycles. The van der Waals surface area contributed by atoms with Crippen molar-refractivity contribution in [3.8, 4) is 11.5 Å². The first-order valence-electron chi connectivity index (χ1n) is 8.78.